The highest BCUT2D eigenvalue weighted by Crippen LogP contribution is 2.41. The van der Waals surface area contributed by atoms with E-state index in [0.717, 1.165) is 75.6 Å². The normalized spacial score (nSPS) is 18.2. The van der Waals surface area contributed by atoms with Crippen molar-refractivity contribution in [2.45, 2.75) is 26.1 Å². The number of alkyl halides is 1. The predicted molar refractivity (Wildman–Crippen MR) is 219 cm³/mol. The first-order valence-electron chi connectivity index (χ1n) is 18.9. The van der Waals surface area contributed by atoms with Crippen LogP contribution in [0.15, 0.2) is 85.2 Å². The molecular formula is C40H41Cl2FN12O3. The molecule has 4 fully saturated rings. The molecule has 10 rings (SSSR count). The van der Waals surface area contributed by atoms with Gasteiger partial charge in [0.2, 0.25) is 0 Å². The summed E-state index contributed by atoms with van der Waals surface area (Å²) in [7, 11) is 0. The Morgan fingerprint density at radius 2 is 1.05 bits per heavy atom. The lowest BCUT2D eigenvalue weighted by atomic mass is 9.78. The molecule has 8 heterocycles. The Labute approximate surface area is 343 Å². The minimum atomic E-state index is -1.15. The van der Waals surface area contributed by atoms with Gasteiger partial charge in [-0.05, 0) is 74.5 Å². The summed E-state index contributed by atoms with van der Waals surface area (Å²) >= 11 is 12.0. The molecule has 300 valence electrons. The molecule has 3 N–H and O–H groups in total. The van der Waals surface area contributed by atoms with Crippen LogP contribution in [0.1, 0.15) is 37.5 Å². The van der Waals surface area contributed by atoms with Crippen molar-refractivity contribution in [1.29, 1.82) is 0 Å². The highest BCUT2D eigenvalue weighted by Gasteiger charge is 2.50. The number of aliphatic hydroxyl groups is 1. The van der Waals surface area contributed by atoms with Crippen LogP contribution in [-0.4, -0.2) is 97.2 Å². The highest BCUT2D eigenvalue weighted by atomic mass is 35.5. The Morgan fingerprint density at radius 1 is 0.638 bits per heavy atom. The second kappa shape index (κ2) is 15.4. The van der Waals surface area contributed by atoms with E-state index >= 15 is 0 Å². The average molecular weight is 828 g/mol. The van der Waals surface area contributed by atoms with Gasteiger partial charge in [0, 0.05) is 72.1 Å². The third-order valence-electron chi connectivity index (χ3n) is 10.5. The van der Waals surface area contributed by atoms with Crippen LogP contribution in [0.5, 0.6) is 0 Å². The first-order valence-corrected chi connectivity index (χ1v) is 19.7. The summed E-state index contributed by atoms with van der Waals surface area (Å²) in [5, 5.41) is 26.4. The Kier molecular flexibility index (Phi) is 10.1. The molecule has 4 aliphatic heterocycles. The summed E-state index contributed by atoms with van der Waals surface area (Å²) in [4.78, 5) is 23.0. The fourth-order valence-electron chi connectivity index (χ4n) is 7.19. The molecule has 18 heteroatoms. The molecular weight excluding hydrogens is 786 g/mol. The third kappa shape index (κ3) is 8.02. The quantitative estimate of drug-likeness (QED) is 0.132. The summed E-state index contributed by atoms with van der Waals surface area (Å²) < 4.78 is 27.4. The molecule has 2 atom stereocenters. The fraction of sp³-hybridized carbons (Fsp3) is 0.350. The minimum absolute atomic E-state index is 0.261. The number of aliphatic hydroxyl groups excluding tert-OH is 1. The van der Waals surface area contributed by atoms with Crippen LogP contribution in [0.3, 0.4) is 0 Å². The van der Waals surface area contributed by atoms with Crippen molar-refractivity contribution in [2.75, 3.05) is 73.0 Å². The van der Waals surface area contributed by atoms with Gasteiger partial charge in [-0.15, -0.1) is 0 Å². The van der Waals surface area contributed by atoms with Gasteiger partial charge >= 0.3 is 0 Å². The average Bonchev–Trinajstić information content (AvgIpc) is 3.84. The van der Waals surface area contributed by atoms with E-state index in [9.17, 15) is 9.50 Å². The van der Waals surface area contributed by atoms with Crippen LogP contribution in [0.4, 0.5) is 39.0 Å². The first-order chi connectivity index (χ1) is 28.0. The van der Waals surface area contributed by atoms with Gasteiger partial charge in [0.25, 0.3) is 11.9 Å². The number of nitrogens with one attached hydrogen (secondary N) is 2. The third-order valence-corrected chi connectivity index (χ3v) is 11.0. The van der Waals surface area contributed by atoms with E-state index in [1.165, 1.54) is 11.6 Å². The number of anilines is 6. The zero-order valence-electron chi connectivity index (χ0n) is 31.8. The van der Waals surface area contributed by atoms with Gasteiger partial charge in [0.05, 0.1) is 54.7 Å². The number of ether oxygens (including phenoxy) is 2. The van der Waals surface area contributed by atoms with Gasteiger partial charge in [0.1, 0.15) is 29.4 Å². The van der Waals surface area contributed by atoms with Crippen LogP contribution in [0.25, 0.3) is 11.9 Å². The zero-order chi connectivity index (χ0) is 40.0. The van der Waals surface area contributed by atoms with Crippen molar-refractivity contribution < 1.29 is 19.0 Å². The molecule has 0 bridgehead atoms. The second-order valence-corrected chi connectivity index (χ2v) is 16.3. The van der Waals surface area contributed by atoms with Crippen molar-refractivity contribution in [3.8, 4) is 11.9 Å². The van der Waals surface area contributed by atoms with Gasteiger partial charge in [-0.2, -0.15) is 30.1 Å². The van der Waals surface area contributed by atoms with E-state index in [2.05, 4.69) is 45.6 Å². The Hall–Kier alpha value is -5.39. The Balaban J connectivity index is 0.000000150. The van der Waals surface area contributed by atoms with Crippen LogP contribution >= 0.6 is 23.2 Å². The molecule has 4 aromatic heterocycles. The lowest BCUT2D eigenvalue weighted by molar-refractivity contribution is -0.127. The van der Waals surface area contributed by atoms with Crippen molar-refractivity contribution in [3.63, 3.8) is 0 Å². The monoisotopic (exact) mass is 826 g/mol. The maximum absolute atomic E-state index is 13.6. The molecule has 2 aromatic carbocycles. The maximum Gasteiger partial charge on any atom is 0.254 e. The maximum atomic E-state index is 13.6. The van der Waals surface area contributed by atoms with Gasteiger partial charge in [-0.25, -0.2) is 13.8 Å². The molecule has 0 saturated carbocycles. The highest BCUT2D eigenvalue weighted by molar-refractivity contribution is 6.30. The van der Waals surface area contributed by atoms with Gasteiger partial charge in [-0.3, -0.25) is 0 Å². The molecule has 4 aliphatic rings. The smallest absolute Gasteiger partial charge is 0.254 e. The molecule has 2 unspecified atom stereocenters. The lowest BCUT2D eigenvalue weighted by Gasteiger charge is -2.55. The molecule has 4 saturated heterocycles. The predicted octanol–water partition coefficient (Wildman–Crippen LogP) is 6.88. The van der Waals surface area contributed by atoms with Crippen LogP contribution in [-0.2, 0) is 9.47 Å². The van der Waals surface area contributed by atoms with Gasteiger partial charge < -0.3 is 35.0 Å². The van der Waals surface area contributed by atoms with Crippen molar-refractivity contribution in [1.82, 2.24) is 39.5 Å². The molecule has 6 aromatic rings. The van der Waals surface area contributed by atoms with Gasteiger partial charge in [0.15, 0.2) is 0 Å². The van der Waals surface area contributed by atoms with E-state index in [4.69, 9.17) is 37.7 Å². The number of hydrogen-bond donors (Lipinski definition) is 3. The number of halogens is 3. The molecule has 2 spiro atoms. The molecule has 0 radical (unpaired) electrons. The van der Waals surface area contributed by atoms with E-state index < -0.39 is 12.3 Å². The van der Waals surface area contributed by atoms with Crippen LogP contribution in [0.2, 0.25) is 10.0 Å². The van der Waals surface area contributed by atoms with E-state index in [0.29, 0.717) is 45.0 Å². The lowest BCUT2D eigenvalue weighted by Crippen LogP contribution is -2.66. The topological polar surface area (TPSA) is 156 Å². The standard InChI is InChI=1S/C20H20ClFN6O.C20H21ClN6O2/c1-13(22)16-6-7-28(26-16)19-24-17(23-15-4-2-14(21)3-5-15)8-18(25-19)27-9-20(10-27)11-29-12-20;1-13(28)16-6-7-27(25-16)19-23-17(22-15-4-2-14(21)3-5-15)8-18(24-19)26-9-20(10-26)11-29-12-20/h2-8,13H,9-12H2,1H3,(H,23,24,25);2-8,13,28H,9-12H2,1H3,(H,22,23,24). The summed E-state index contributed by atoms with van der Waals surface area (Å²) in [5.41, 5.74) is 3.19. The van der Waals surface area contributed by atoms with Crippen LogP contribution < -0.4 is 20.4 Å². The van der Waals surface area contributed by atoms with Crippen LogP contribution in [0, 0.1) is 10.8 Å². The summed E-state index contributed by atoms with van der Waals surface area (Å²) in [6, 6.07) is 22.1. The molecule has 0 aliphatic carbocycles. The summed E-state index contributed by atoms with van der Waals surface area (Å²) in [5.74, 6) is 3.75. The number of benzene rings is 2. The number of rotatable bonds is 10. The fourth-order valence-corrected chi connectivity index (χ4v) is 7.45. The minimum Gasteiger partial charge on any atom is -0.387 e. The summed E-state index contributed by atoms with van der Waals surface area (Å²) in [6.07, 6.45) is 1.62. The largest absolute Gasteiger partial charge is 0.387 e. The van der Waals surface area contributed by atoms with Crippen molar-refractivity contribution in [3.05, 3.63) is 107 Å². The molecule has 0 amide bonds. The SMILES string of the molecule is CC(F)c1ccn(-c2nc(Nc3ccc(Cl)cc3)cc(N3CC4(COC4)C3)n2)n1.CC(O)c1ccn(-c2nc(Nc3ccc(Cl)cc3)cc(N3CC4(COC4)C3)n2)n1. The Morgan fingerprint density at radius 3 is 1.40 bits per heavy atom. The van der Waals surface area contributed by atoms with E-state index in [1.54, 1.807) is 36.1 Å². The van der Waals surface area contributed by atoms with Gasteiger partial charge in [-0.1, -0.05) is 23.2 Å². The van der Waals surface area contributed by atoms with Crippen molar-refractivity contribution >= 4 is 57.8 Å². The molecule has 58 heavy (non-hydrogen) atoms. The number of hydrogen-bond acceptors (Lipinski definition) is 13. The zero-order valence-corrected chi connectivity index (χ0v) is 33.3. The summed E-state index contributed by atoms with van der Waals surface area (Å²) in [6.45, 7) is 10.00. The molecule has 15 nitrogen and oxygen atoms in total. The van der Waals surface area contributed by atoms with E-state index in [-0.39, 0.29) is 10.8 Å². The number of aromatic nitrogens is 8. The first kappa shape index (κ1) is 38.1. The van der Waals surface area contributed by atoms with E-state index in [1.807, 2.05) is 60.7 Å². The van der Waals surface area contributed by atoms with Crippen molar-refractivity contribution in [2.24, 2.45) is 10.8 Å². The second-order valence-electron chi connectivity index (χ2n) is 15.4. The number of nitrogens with zero attached hydrogens (tertiary/aromatic N) is 10. The Bertz CT molecular complexity index is 2220.